The van der Waals surface area contributed by atoms with Gasteiger partial charge in [0, 0.05) is 33.5 Å². The second kappa shape index (κ2) is 9.92. The summed E-state index contributed by atoms with van der Waals surface area (Å²) in [5.41, 5.74) is 2.39. The van der Waals surface area contributed by atoms with E-state index in [2.05, 4.69) is 31.4 Å². The second-order valence-electron chi connectivity index (χ2n) is 8.61. The highest BCUT2D eigenvalue weighted by Gasteiger charge is 2.30. The average molecular weight is 409 g/mol. The molecule has 0 heterocycles. The van der Waals surface area contributed by atoms with Crippen LogP contribution in [0.1, 0.15) is 87.9 Å². The summed E-state index contributed by atoms with van der Waals surface area (Å²) in [5.74, 6) is -0.128. The fourth-order valence-electron chi connectivity index (χ4n) is 3.37. The van der Waals surface area contributed by atoms with E-state index >= 15 is 0 Å². The molecule has 2 rings (SSSR count). The molecule has 4 heteroatoms. The van der Waals surface area contributed by atoms with Crippen LogP contribution in [0.25, 0.3) is 0 Å². The summed E-state index contributed by atoms with van der Waals surface area (Å²) in [5, 5.41) is 6.53. The third-order valence-electron chi connectivity index (χ3n) is 6.62. The molecule has 0 spiro atoms. The van der Waals surface area contributed by atoms with Crippen molar-refractivity contribution in [2.24, 2.45) is 5.41 Å². The number of rotatable bonds is 10. The van der Waals surface area contributed by atoms with E-state index in [1.165, 1.54) is 0 Å². The van der Waals surface area contributed by atoms with Crippen LogP contribution in [0.3, 0.4) is 0 Å². The molecule has 0 aliphatic rings. The maximum atomic E-state index is 13.0. The Morgan fingerprint density at radius 2 is 1.33 bits per heavy atom. The van der Waals surface area contributed by atoms with Crippen LogP contribution in [0.4, 0.5) is 11.4 Å². The Morgan fingerprint density at radius 1 is 0.767 bits per heavy atom. The van der Waals surface area contributed by atoms with Crippen LogP contribution in [0.15, 0.2) is 48.5 Å². The monoisotopic (exact) mass is 408 g/mol. The van der Waals surface area contributed by atoms with Gasteiger partial charge in [0.2, 0.25) is 0 Å². The lowest BCUT2D eigenvalue weighted by Gasteiger charge is -2.29. The molecule has 0 aliphatic heterocycles. The third-order valence-corrected chi connectivity index (χ3v) is 6.62. The SMILES string of the molecule is CCC(C)(CC)Nc1cccc(NC(=O)c2cccc(C(=O)C(C)(CC)CC)c2)c1. The Kier molecular flexibility index (Phi) is 7.83. The molecule has 0 bridgehead atoms. The molecular formula is C26H36N2O2. The Bertz CT molecular complexity index is 880. The third kappa shape index (κ3) is 5.50. The number of nitrogens with one attached hydrogen (secondary N) is 2. The number of hydrogen-bond donors (Lipinski definition) is 2. The molecule has 0 unspecified atom stereocenters. The molecule has 1 amide bonds. The smallest absolute Gasteiger partial charge is 0.255 e. The van der Waals surface area contributed by atoms with Crippen molar-refractivity contribution in [2.45, 2.75) is 72.8 Å². The van der Waals surface area contributed by atoms with Gasteiger partial charge in [0.05, 0.1) is 0 Å². The first-order chi connectivity index (χ1) is 14.2. The Hall–Kier alpha value is -2.62. The number of hydrogen-bond acceptors (Lipinski definition) is 3. The molecule has 0 fully saturated rings. The highest BCUT2D eigenvalue weighted by molar-refractivity contribution is 6.07. The first-order valence-electron chi connectivity index (χ1n) is 11.0. The van der Waals surface area contributed by atoms with Crippen molar-refractivity contribution < 1.29 is 9.59 Å². The van der Waals surface area contributed by atoms with E-state index in [1.54, 1.807) is 24.3 Å². The summed E-state index contributed by atoms with van der Waals surface area (Å²) in [6, 6.07) is 14.8. The number of carbonyl (C=O) groups is 2. The number of benzene rings is 2. The summed E-state index contributed by atoms with van der Waals surface area (Å²) in [6.07, 6.45) is 3.56. The zero-order valence-electron chi connectivity index (χ0n) is 19.3. The molecule has 162 valence electrons. The van der Waals surface area contributed by atoms with Crippen LogP contribution in [-0.2, 0) is 0 Å². The maximum absolute atomic E-state index is 13.0. The van der Waals surface area contributed by atoms with Crippen LogP contribution in [0.5, 0.6) is 0 Å². The minimum atomic E-state index is -0.402. The van der Waals surface area contributed by atoms with Crippen LogP contribution >= 0.6 is 0 Å². The quantitative estimate of drug-likeness (QED) is 0.419. The fourth-order valence-corrected chi connectivity index (χ4v) is 3.37. The fraction of sp³-hybridized carbons (Fsp3) is 0.462. The number of amides is 1. The highest BCUT2D eigenvalue weighted by Crippen LogP contribution is 2.30. The van der Waals surface area contributed by atoms with E-state index in [0.29, 0.717) is 11.1 Å². The van der Waals surface area contributed by atoms with Gasteiger partial charge in [0.15, 0.2) is 5.78 Å². The maximum Gasteiger partial charge on any atom is 0.255 e. The normalized spacial score (nSPS) is 11.8. The first-order valence-corrected chi connectivity index (χ1v) is 11.0. The van der Waals surface area contributed by atoms with Gasteiger partial charge < -0.3 is 10.6 Å². The zero-order valence-corrected chi connectivity index (χ0v) is 19.3. The standard InChI is InChI=1S/C26H36N2O2/c1-7-25(5,8-2)23(29)19-13-11-14-20(17-19)24(30)27-21-15-12-16-22(18-21)28-26(6,9-3)10-4/h11-18,28H,7-10H2,1-6H3,(H,27,30). The predicted molar refractivity (Wildman–Crippen MR) is 126 cm³/mol. The van der Waals surface area contributed by atoms with E-state index in [4.69, 9.17) is 0 Å². The van der Waals surface area contributed by atoms with E-state index in [1.807, 2.05) is 45.0 Å². The van der Waals surface area contributed by atoms with Crippen molar-refractivity contribution in [1.82, 2.24) is 0 Å². The van der Waals surface area contributed by atoms with Crippen molar-refractivity contribution in [3.8, 4) is 0 Å². The summed E-state index contributed by atoms with van der Waals surface area (Å²) in [7, 11) is 0. The highest BCUT2D eigenvalue weighted by atomic mass is 16.1. The van der Waals surface area contributed by atoms with Crippen LogP contribution in [-0.4, -0.2) is 17.2 Å². The van der Waals surface area contributed by atoms with Gasteiger partial charge in [0.25, 0.3) is 5.91 Å². The lowest BCUT2D eigenvalue weighted by molar-refractivity contribution is 0.0803. The molecule has 0 saturated heterocycles. The van der Waals surface area contributed by atoms with Crippen molar-refractivity contribution in [2.75, 3.05) is 10.6 Å². The summed E-state index contributed by atoms with van der Waals surface area (Å²) in [4.78, 5) is 25.8. The van der Waals surface area contributed by atoms with Gasteiger partial charge >= 0.3 is 0 Å². The van der Waals surface area contributed by atoms with E-state index < -0.39 is 5.41 Å². The molecular weight excluding hydrogens is 372 g/mol. The number of carbonyl (C=O) groups excluding carboxylic acids is 2. The van der Waals surface area contributed by atoms with Gasteiger partial charge in [-0.05, 0) is 62.9 Å². The molecule has 2 aromatic rings. The largest absolute Gasteiger partial charge is 0.380 e. The first kappa shape index (κ1) is 23.7. The van der Waals surface area contributed by atoms with Gasteiger partial charge in [0.1, 0.15) is 0 Å². The van der Waals surface area contributed by atoms with E-state index in [9.17, 15) is 9.59 Å². The summed E-state index contributed by atoms with van der Waals surface area (Å²) < 4.78 is 0. The topological polar surface area (TPSA) is 58.2 Å². The molecule has 30 heavy (non-hydrogen) atoms. The molecule has 0 aliphatic carbocycles. The van der Waals surface area contributed by atoms with Crippen molar-refractivity contribution in [3.63, 3.8) is 0 Å². The minimum Gasteiger partial charge on any atom is -0.380 e. The van der Waals surface area contributed by atoms with Crippen molar-refractivity contribution >= 4 is 23.1 Å². The molecule has 0 saturated carbocycles. The number of anilines is 2. The van der Waals surface area contributed by atoms with E-state index in [0.717, 1.165) is 37.1 Å². The number of Topliss-reactive ketones (excluding diaryl/α,β-unsaturated/α-hetero) is 1. The van der Waals surface area contributed by atoms with Crippen LogP contribution in [0.2, 0.25) is 0 Å². The lowest BCUT2D eigenvalue weighted by atomic mass is 9.77. The van der Waals surface area contributed by atoms with Crippen molar-refractivity contribution in [3.05, 3.63) is 59.7 Å². The van der Waals surface area contributed by atoms with Gasteiger partial charge in [-0.25, -0.2) is 0 Å². The lowest BCUT2D eigenvalue weighted by Crippen LogP contribution is -2.32. The van der Waals surface area contributed by atoms with Crippen molar-refractivity contribution in [1.29, 1.82) is 0 Å². The number of ketones is 1. The summed E-state index contributed by atoms with van der Waals surface area (Å²) >= 11 is 0. The Balaban J connectivity index is 2.19. The Labute approximate surface area is 181 Å². The Morgan fingerprint density at radius 3 is 1.93 bits per heavy atom. The average Bonchev–Trinajstić information content (AvgIpc) is 2.78. The molecule has 0 aromatic heterocycles. The zero-order chi connectivity index (χ0) is 22.4. The molecule has 2 aromatic carbocycles. The van der Waals surface area contributed by atoms with Gasteiger partial charge in [-0.1, -0.05) is 52.8 Å². The molecule has 0 radical (unpaired) electrons. The van der Waals surface area contributed by atoms with Gasteiger partial charge in [-0.3, -0.25) is 9.59 Å². The second-order valence-corrected chi connectivity index (χ2v) is 8.61. The van der Waals surface area contributed by atoms with Gasteiger partial charge in [-0.2, -0.15) is 0 Å². The molecule has 4 nitrogen and oxygen atoms in total. The predicted octanol–water partition coefficient (Wildman–Crippen LogP) is 6.94. The van der Waals surface area contributed by atoms with Gasteiger partial charge in [-0.15, -0.1) is 0 Å². The van der Waals surface area contributed by atoms with E-state index in [-0.39, 0.29) is 17.2 Å². The minimum absolute atomic E-state index is 0.0164. The van der Waals surface area contributed by atoms with Crippen LogP contribution in [0, 0.1) is 5.41 Å². The molecule has 0 atom stereocenters. The summed E-state index contributed by atoms with van der Waals surface area (Å²) in [6.45, 7) is 12.6. The van der Waals surface area contributed by atoms with Crippen LogP contribution < -0.4 is 10.6 Å². The molecule has 2 N–H and O–H groups in total.